The monoisotopic (exact) mass is 291 g/mol. The molecule has 0 saturated heterocycles. The van der Waals surface area contributed by atoms with E-state index in [4.69, 9.17) is 0 Å². The summed E-state index contributed by atoms with van der Waals surface area (Å²) >= 11 is 0. The zero-order chi connectivity index (χ0) is 15.4. The van der Waals surface area contributed by atoms with Crippen molar-refractivity contribution in [3.8, 4) is 0 Å². The number of carbonyl (C=O) groups excluding carboxylic acids is 1. The van der Waals surface area contributed by atoms with Gasteiger partial charge in [-0.15, -0.1) is 0 Å². The molecular weight excluding hydrogens is 266 g/mol. The van der Waals surface area contributed by atoms with Crippen LogP contribution in [0.3, 0.4) is 0 Å². The molecule has 1 heterocycles. The lowest BCUT2D eigenvalue weighted by Gasteiger charge is -2.18. The normalized spacial score (nSPS) is 15.4. The van der Waals surface area contributed by atoms with Crippen LogP contribution in [-0.4, -0.2) is 34.5 Å². The Kier molecular flexibility index (Phi) is 4.98. The van der Waals surface area contributed by atoms with Gasteiger partial charge in [-0.1, -0.05) is 6.92 Å². The summed E-state index contributed by atoms with van der Waals surface area (Å²) in [6, 6.07) is 0.0642. The lowest BCUT2D eigenvalue weighted by Crippen LogP contribution is -2.39. The number of aromatic nitrogens is 2. The standard InChI is InChI=1S/C15H25N5O/c1-5-8-16-13-9(2)14(19-11(4)18-13)17-10(3)15(21)20-12-6-7-12/h10,12H,5-8H2,1-4H3,(H,20,21)(H2,16,17,18,19). The third-order valence-electron chi connectivity index (χ3n) is 3.47. The van der Waals surface area contributed by atoms with Crippen molar-refractivity contribution in [2.24, 2.45) is 0 Å². The number of amides is 1. The second-order valence-electron chi connectivity index (χ2n) is 5.67. The number of anilines is 2. The minimum atomic E-state index is -0.308. The van der Waals surface area contributed by atoms with Crippen molar-refractivity contribution < 1.29 is 4.79 Å². The van der Waals surface area contributed by atoms with Gasteiger partial charge in [0.2, 0.25) is 5.91 Å². The van der Waals surface area contributed by atoms with Gasteiger partial charge in [-0.05, 0) is 40.0 Å². The molecule has 1 aliphatic rings. The highest BCUT2D eigenvalue weighted by Gasteiger charge is 2.26. The van der Waals surface area contributed by atoms with Crippen molar-refractivity contribution in [3.05, 3.63) is 11.4 Å². The molecule has 0 aliphatic heterocycles. The highest BCUT2D eigenvalue weighted by Crippen LogP contribution is 2.21. The van der Waals surface area contributed by atoms with Crippen LogP contribution in [0.25, 0.3) is 0 Å². The van der Waals surface area contributed by atoms with Gasteiger partial charge in [0, 0.05) is 18.2 Å². The van der Waals surface area contributed by atoms with Crippen molar-refractivity contribution in [1.29, 1.82) is 0 Å². The van der Waals surface area contributed by atoms with E-state index in [2.05, 4.69) is 32.8 Å². The number of nitrogens with zero attached hydrogens (tertiary/aromatic N) is 2. The predicted molar refractivity (Wildman–Crippen MR) is 84.5 cm³/mol. The highest BCUT2D eigenvalue weighted by atomic mass is 16.2. The Labute approximate surface area is 126 Å². The molecular formula is C15H25N5O. The number of hydrogen-bond acceptors (Lipinski definition) is 5. The zero-order valence-electron chi connectivity index (χ0n) is 13.3. The maximum absolute atomic E-state index is 12.0. The molecule has 3 N–H and O–H groups in total. The molecule has 1 aromatic heterocycles. The van der Waals surface area contributed by atoms with Crippen molar-refractivity contribution in [1.82, 2.24) is 15.3 Å². The fraction of sp³-hybridized carbons (Fsp3) is 0.667. The summed E-state index contributed by atoms with van der Waals surface area (Å²) in [5.41, 5.74) is 0.945. The second-order valence-corrected chi connectivity index (χ2v) is 5.67. The lowest BCUT2D eigenvalue weighted by molar-refractivity contribution is -0.121. The Morgan fingerprint density at radius 1 is 1.29 bits per heavy atom. The van der Waals surface area contributed by atoms with E-state index in [-0.39, 0.29) is 11.9 Å². The van der Waals surface area contributed by atoms with Crippen molar-refractivity contribution >= 4 is 17.5 Å². The number of aryl methyl sites for hydroxylation is 1. The van der Waals surface area contributed by atoms with Gasteiger partial charge in [-0.3, -0.25) is 4.79 Å². The first kappa shape index (κ1) is 15.5. The summed E-state index contributed by atoms with van der Waals surface area (Å²) in [6.45, 7) is 8.66. The Hall–Kier alpha value is -1.85. The topological polar surface area (TPSA) is 78.9 Å². The van der Waals surface area contributed by atoms with Gasteiger partial charge in [0.1, 0.15) is 23.5 Å². The third-order valence-corrected chi connectivity index (χ3v) is 3.47. The molecule has 1 aliphatic carbocycles. The van der Waals surface area contributed by atoms with Gasteiger partial charge in [0.05, 0.1) is 0 Å². The van der Waals surface area contributed by atoms with Gasteiger partial charge < -0.3 is 16.0 Å². The fourth-order valence-corrected chi connectivity index (χ4v) is 2.01. The maximum Gasteiger partial charge on any atom is 0.242 e. The molecule has 1 aromatic rings. The van der Waals surface area contributed by atoms with Crippen LogP contribution in [0.4, 0.5) is 11.6 Å². The third kappa shape index (κ3) is 4.31. The van der Waals surface area contributed by atoms with Crippen molar-refractivity contribution in [3.63, 3.8) is 0 Å². The van der Waals surface area contributed by atoms with Gasteiger partial charge in [-0.2, -0.15) is 0 Å². The molecule has 0 radical (unpaired) electrons. The lowest BCUT2D eigenvalue weighted by atomic mass is 10.2. The Balaban J connectivity index is 2.06. The van der Waals surface area contributed by atoms with Crippen LogP contribution in [0.1, 0.15) is 44.5 Å². The van der Waals surface area contributed by atoms with Crippen LogP contribution >= 0.6 is 0 Å². The van der Waals surface area contributed by atoms with Crippen LogP contribution in [0, 0.1) is 13.8 Å². The summed E-state index contributed by atoms with van der Waals surface area (Å²) in [7, 11) is 0. The first-order valence-electron chi connectivity index (χ1n) is 7.67. The number of carbonyl (C=O) groups is 1. The Morgan fingerprint density at radius 2 is 1.95 bits per heavy atom. The molecule has 0 bridgehead atoms. The van der Waals surface area contributed by atoms with Crippen LogP contribution in [0.2, 0.25) is 0 Å². The summed E-state index contributed by atoms with van der Waals surface area (Å²) in [6.07, 6.45) is 3.22. The van der Waals surface area contributed by atoms with Crippen molar-refractivity contribution in [2.45, 2.75) is 59.0 Å². The quantitative estimate of drug-likeness (QED) is 0.716. The first-order valence-corrected chi connectivity index (χ1v) is 7.67. The van der Waals surface area contributed by atoms with Crippen LogP contribution in [0.15, 0.2) is 0 Å². The number of nitrogens with one attached hydrogen (secondary N) is 3. The van der Waals surface area contributed by atoms with E-state index < -0.39 is 0 Å². The minimum absolute atomic E-state index is 0.0243. The first-order chi connectivity index (χ1) is 10.0. The summed E-state index contributed by atoms with van der Waals surface area (Å²) in [5, 5.41) is 9.49. The molecule has 2 rings (SSSR count). The van der Waals surface area contributed by atoms with E-state index in [9.17, 15) is 4.79 Å². The molecule has 116 valence electrons. The van der Waals surface area contributed by atoms with Gasteiger partial charge in [0.25, 0.3) is 0 Å². The molecule has 1 saturated carbocycles. The van der Waals surface area contributed by atoms with Gasteiger partial charge in [0.15, 0.2) is 0 Å². The predicted octanol–water partition coefficient (Wildman–Crippen LogP) is 1.99. The molecule has 1 unspecified atom stereocenters. The van der Waals surface area contributed by atoms with Crippen LogP contribution in [0.5, 0.6) is 0 Å². The van der Waals surface area contributed by atoms with Gasteiger partial charge in [-0.25, -0.2) is 9.97 Å². The summed E-state index contributed by atoms with van der Waals surface area (Å²) in [4.78, 5) is 20.9. The maximum atomic E-state index is 12.0. The van der Waals surface area contributed by atoms with E-state index in [1.54, 1.807) is 0 Å². The SMILES string of the molecule is CCCNc1nc(C)nc(NC(C)C(=O)NC2CC2)c1C. The number of rotatable bonds is 7. The molecule has 1 amide bonds. The second kappa shape index (κ2) is 6.74. The molecule has 0 spiro atoms. The molecule has 0 aromatic carbocycles. The average Bonchev–Trinajstić information content (AvgIpc) is 3.24. The Bertz CT molecular complexity index is 513. The molecule has 6 heteroatoms. The van der Waals surface area contributed by atoms with E-state index in [0.29, 0.717) is 11.9 Å². The molecule has 1 atom stereocenters. The summed E-state index contributed by atoms with van der Waals surface area (Å²) < 4.78 is 0. The van der Waals surface area contributed by atoms with E-state index in [1.165, 1.54) is 0 Å². The van der Waals surface area contributed by atoms with Crippen LogP contribution in [-0.2, 0) is 4.79 Å². The van der Waals surface area contributed by atoms with E-state index >= 15 is 0 Å². The van der Waals surface area contributed by atoms with E-state index in [1.807, 2.05) is 20.8 Å². The van der Waals surface area contributed by atoms with E-state index in [0.717, 1.165) is 43.0 Å². The minimum Gasteiger partial charge on any atom is -0.370 e. The summed E-state index contributed by atoms with van der Waals surface area (Å²) in [5.74, 6) is 2.27. The smallest absolute Gasteiger partial charge is 0.242 e. The van der Waals surface area contributed by atoms with Crippen LogP contribution < -0.4 is 16.0 Å². The fourth-order valence-electron chi connectivity index (χ4n) is 2.01. The average molecular weight is 291 g/mol. The number of hydrogen-bond donors (Lipinski definition) is 3. The molecule has 21 heavy (non-hydrogen) atoms. The zero-order valence-corrected chi connectivity index (χ0v) is 13.3. The highest BCUT2D eigenvalue weighted by molar-refractivity contribution is 5.84. The Morgan fingerprint density at radius 3 is 2.57 bits per heavy atom. The van der Waals surface area contributed by atoms with Gasteiger partial charge >= 0.3 is 0 Å². The van der Waals surface area contributed by atoms with Crippen molar-refractivity contribution in [2.75, 3.05) is 17.2 Å². The molecule has 1 fully saturated rings. The largest absolute Gasteiger partial charge is 0.370 e. The molecule has 6 nitrogen and oxygen atoms in total.